The third kappa shape index (κ3) is 13.4. The molecule has 0 bridgehead atoms. The SMILES string of the molecule is Nc1ccn([C@@H]2O[C@H](CO)[C@@H](O)[C@@H]2O)c(=O)n1.O=C(Cl)OC1/C=C/CCCCC1.O=C(Nc1ccn([C@@H]2O[C@H](CO)[C@@H](O)[C@@H]2O)c(=O)n1)OC1/C=C/CCCCC1. The Hall–Kier alpha value is -4.25. The molecule has 316 valence electrons. The molecule has 2 aromatic heterocycles. The standard InChI is InChI=1S/C18H25N3O7.C9H13ClO2.C9H13N3O5/c22-10-12-14(23)15(24)16(28-12)21-9-8-13(19-17(21)25)20-18(26)27-11-6-4-2-1-3-5-7-11;10-9(11)12-8-6-4-2-1-3-5-7-8;10-5-1-2-12(9(16)11-5)8-7(15)6(14)4(3-13)17-8/h4,6,8-9,11-12,14-16,22-24H,1-3,5,7,10H2,(H,19,20,25,26);4,6,8H,1-3,5,7H2;1-2,4,6-8,13-15H,3H2,(H2,10,11,16)/b2*6-4+;/t11?,12-,14-,15+,16-;;4-,6-,7+,8-/m1.1/s1. The largest absolute Gasteiger partial charge is 0.446 e. The van der Waals surface area contributed by atoms with Crippen LogP contribution in [0.15, 0.2) is 58.4 Å². The number of nitrogen functional groups attached to an aromatic ring is 1. The van der Waals surface area contributed by atoms with Crippen molar-refractivity contribution in [3.8, 4) is 0 Å². The van der Waals surface area contributed by atoms with Crippen molar-refractivity contribution >= 4 is 34.8 Å². The fourth-order valence-corrected chi connectivity index (χ4v) is 6.47. The van der Waals surface area contributed by atoms with Gasteiger partial charge in [0.05, 0.1) is 13.2 Å². The van der Waals surface area contributed by atoms with E-state index in [1.165, 1.54) is 37.4 Å². The Morgan fingerprint density at radius 1 is 0.754 bits per heavy atom. The Kier molecular flexibility index (Phi) is 18.0. The van der Waals surface area contributed by atoms with Crippen molar-refractivity contribution in [3.05, 3.63) is 69.8 Å². The van der Waals surface area contributed by atoms with Crippen LogP contribution in [0, 0.1) is 0 Å². The molecule has 1 amide bonds. The zero-order valence-corrected chi connectivity index (χ0v) is 31.8. The van der Waals surface area contributed by atoms with Crippen LogP contribution >= 0.6 is 11.6 Å². The average Bonchev–Trinajstić information content (AvgIpc) is 3.59. The molecule has 20 nitrogen and oxygen atoms in total. The van der Waals surface area contributed by atoms with Crippen LogP contribution in [0.3, 0.4) is 0 Å². The van der Waals surface area contributed by atoms with Crippen LogP contribution in [0.5, 0.6) is 0 Å². The summed E-state index contributed by atoms with van der Waals surface area (Å²) in [5.74, 6) is 0.0470. The zero-order chi connectivity index (χ0) is 41.5. The molecular weight excluding hydrogens is 776 g/mol. The highest BCUT2D eigenvalue weighted by Crippen LogP contribution is 2.29. The van der Waals surface area contributed by atoms with Crippen LogP contribution in [-0.4, -0.2) is 123 Å². The minimum Gasteiger partial charge on any atom is -0.446 e. The fraction of sp³-hybridized carbons (Fsp3) is 0.611. The quantitative estimate of drug-likeness (QED) is 0.143. The number of aliphatic hydroxyl groups is 6. The molecular formula is C36H51ClN6O14. The lowest BCUT2D eigenvalue weighted by Crippen LogP contribution is -2.36. The maximum atomic E-state index is 12.2. The molecule has 2 saturated heterocycles. The first-order valence-electron chi connectivity index (χ1n) is 18.7. The van der Waals surface area contributed by atoms with Crippen LogP contribution in [0.1, 0.15) is 76.7 Å². The van der Waals surface area contributed by atoms with E-state index >= 15 is 0 Å². The molecule has 9 N–H and O–H groups in total. The van der Waals surface area contributed by atoms with E-state index in [4.69, 9.17) is 46.5 Å². The number of halogens is 1. The molecule has 2 aliphatic carbocycles. The molecule has 4 aliphatic rings. The van der Waals surface area contributed by atoms with Gasteiger partial charge in [-0.1, -0.05) is 25.0 Å². The highest BCUT2D eigenvalue weighted by molar-refractivity contribution is 6.61. The van der Waals surface area contributed by atoms with E-state index in [1.54, 1.807) is 0 Å². The van der Waals surface area contributed by atoms with E-state index in [0.717, 1.165) is 60.5 Å². The number of aliphatic hydroxyl groups excluding tert-OH is 6. The zero-order valence-electron chi connectivity index (χ0n) is 31.1. The number of anilines is 2. The number of nitrogens with two attached hydrogens (primary N) is 1. The lowest BCUT2D eigenvalue weighted by atomic mass is 10.0. The summed E-state index contributed by atoms with van der Waals surface area (Å²) < 4.78 is 22.7. The molecule has 2 unspecified atom stereocenters. The van der Waals surface area contributed by atoms with E-state index in [-0.39, 0.29) is 23.8 Å². The van der Waals surface area contributed by atoms with Crippen LogP contribution in [0.25, 0.3) is 0 Å². The van der Waals surface area contributed by atoms with E-state index in [9.17, 15) is 39.6 Å². The van der Waals surface area contributed by atoms with E-state index in [2.05, 4.69) is 21.4 Å². The van der Waals surface area contributed by atoms with Gasteiger partial charge in [0.25, 0.3) is 0 Å². The summed E-state index contributed by atoms with van der Waals surface area (Å²) in [5, 5.41) is 59.5. The predicted octanol–water partition coefficient (Wildman–Crippen LogP) is 0.980. The van der Waals surface area contributed by atoms with Crippen molar-refractivity contribution in [1.29, 1.82) is 0 Å². The van der Waals surface area contributed by atoms with Crippen molar-refractivity contribution in [2.75, 3.05) is 24.3 Å². The summed E-state index contributed by atoms with van der Waals surface area (Å²) in [5.41, 5.74) is 3.13. The number of hydrogen-bond donors (Lipinski definition) is 8. The number of aromatic nitrogens is 4. The molecule has 10 atom stereocenters. The monoisotopic (exact) mass is 826 g/mol. The van der Waals surface area contributed by atoms with Crippen molar-refractivity contribution in [2.24, 2.45) is 0 Å². The third-order valence-electron chi connectivity index (χ3n) is 9.42. The van der Waals surface area contributed by atoms with Gasteiger partial charge in [0.1, 0.15) is 60.5 Å². The average molecular weight is 827 g/mol. The van der Waals surface area contributed by atoms with Gasteiger partial charge in [-0.25, -0.2) is 19.2 Å². The molecule has 2 fully saturated rings. The number of amides is 1. The normalized spacial score (nSPS) is 31.0. The molecule has 57 heavy (non-hydrogen) atoms. The summed E-state index contributed by atoms with van der Waals surface area (Å²) in [6, 6.07) is 2.72. The first kappa shape index (κ1) is 45.5. The minimum absolute atomic E-state index is 0.00665. The summed E-state index contributed by atoms with van der Waals surface area (Å²) in [6.45, 7) is -0.954. The van der Waals surface area contributed by atoms with Gasteiger partial charge >= 0.3 is 22.9 Å². The summed E-state index contributed by atoms with van der Waals surface area (Å²) in [4.78, 5) is 53.5. The molecule has 2 aromatic rings. The van der Waals surface area contributed by atoms with Gasteiger partial charge in [-0.15, -0.1) is 0 Å². The Balaban J connectivity index is 0.000000210. The predicted molar refractivity (Wildman–Crippen MR) is 202 cm³/mol. The van der Waals surface area contributed by atoms with Crippen LogP contribution in [0.4, 0.5) is 21.2 Å². The van der Waals surface area contributed by atoms with Crippen molar-refractivity contribution in [1.82, 2.24) is 19.1 Å². The molecule has 0 spiro atoms. The molecule has 4 heterocycles. The van der Waals surface area contributed by atoms with Crippen molar-refractivity contribution < 1.29 is 59.2 Å². The number of hydrogen-bond acceptors (Lipinski definition) is 17. The number of nitrogens with zero attached hydrogens (tertiary/aromatic N) is 4. The highest BCUT2D eigenvalue weighted by atomic mass is 35.5. The fourth-order valence-electron chi connectivity index (χ4n) is 6.36. The molecule has 21 heteroatoms. The number of ether oxygens (including phenoxy) is 4. The van der Waals surface area contributed by atoms with Crippen molar-refractivity contribution in [3.63, 3.8) is 0 Å². The Morgan fingerprint density at radius 3 is 1.70 bits per heavy atom. The minimum atomic E-state index is -1.40. The Bertz CT molecular complexity index is 1780. The van der Waals surface area contributed by atoms with Gasteiger partial charge < -0.3 is 55.3 Å². The second-order valence-electron chi connectivity index (χ2n) is 13.6. The summed E-state index contributed by atoms with van der Waals surface area (Å²) in [7, 11) is 0. The van der Waals surface area contributed by atoms with E-state index in [1.807, 2.05) is 18.2 Å². The lowest BCUT2D eigenvalue weighted by molar-refractivity contribution is -0.0549. The molecule has 2 aliphatic heterocycles. The highest BCUT2D eigenvalue weighted by Gasteiger charge is 2.44. The number of rotatable bonds is 7. The molecule has 0 aromatic carbocycles. The Labute approximate surface area is 332 Å². The van der Waals surface area contributed by atoms with E-state index in [0.29, 0.717) is 0 Å². The number of carbonyl (C=O) groups is 2. The number of carbonyl (C=O) groups excluding carboxylic acids is 2. The summed E-state index contributed by atoms with van der Waals surface area (Å²) >= 11 is 5.11. The van der Waals surface area contributed by atoms with E-state index < -0.39 is 85.2 Å². The van der Waals surface area contributed by atoms with Crippen LogP contribution < -0.4 is 22.4 Å². The Morgan fingerprint density at radius 2 is 1.25 bits per heavy atom. The van der Waals surface area contributed by atoms with Gasteiger partial charge in [-0.05, 0) is 75.7 Å². The molecule has 6 rings (SSSR count). The van der Waals surface area contributed by atoms with Gasteiger partial charge in [0.15, 0.2) is 12.5 Å². The lowest BCUT2D eigenvalue weighted by Gasteiger charge is -2.18. The smallest absolute Gasteiger partial charge is 0.413 e. The van der Waals surface area contributed by atoms with Gasteiger partial charge in [-0.3, -0.25) is 14.5 Å². The molecule has 0 saturated carbocycles. The topological polar surface area (TPSA) is 300 Å². The first-order valence-corrected chi connectivity index (χ1v) is 19.1. The van der Waals surface area contributed by atoms with Gasteiger partial charge in [0, 0.05) is 24.0 Å². The van der Waals surface area contributed by atoms with Crippen molar-refractivity contribution in [2.45, 2.75) is 125 Å². The number of nitrogens with one attached hydrogen (secondary N) is 1. The van der Waals surface area contributed by atoms with Crippen LogP contribution in [0.2, 0.25) is 0 Å². The van der Waals surface area contributed by atoms with Gasteiger partial charge in [-0.2, -0.15) is 9.97 Å². The second-order valence-corrected chi connectivity index (χ2v) is 13.9. The van der Waals surface area contributed by atoms with Gasteiger partial charge in [0.2, 0.25) is 0 Å². The third-order valence-corrected chi connectivity index (χ3v) is 9.51. The molecule has 0 radical (unpaired) electrons. The maximum absolute atomic E-state index is 12.2. The first-order chi connectivity index (χ1) is 27.3. The number of allylic oxidation sites excluding steroid dienone is 2. The van der Waals surface area contributed by atoms with Crippen LogP contribution in [-0.2, 0) is 18.9 Å². The maximum Gasteiger partial charge on any atom is 0.413 e. The summed E-state index contributed by atoms with van der Waals surface area (Å²) in [6.07, 6.45) is 10.2. The second kappa shape index (κ2) is 22.6.